The van der Waals surface area contributed by atoms with Gasteiger partial charge in [-0.3, -0.25) is 0 Å². The van der Waals surface area contributed by atoms with E-state index in [1.165, 1.54) is 0 Å². The number of rotatable bonds is 0. The molecule has 0 saturated heterocycles. The van der Waals surface area contributed by atoms with Crippen molar-refractivity contribution in [1.82, 2.24) is 0 Å². The van der Waals surface area contributed by atoms with Gasteiger partial charge in [0.15, 0.2) is 0 Å². The van der Waals surface area contributed by atoms with E-state index in [-0.39, 0.29) is 119 Å². The van der Waals surface area contributed by atoms with Crippen molar-refractivity contribution in [2.24, 2.45) is 0 Å². The van der Waals surface area contributed by atoms with Gasteiger partial charge in [-0.25, -0.2) is 0 Å². The molecule has 0 aliphatic rings. The van der Waals surface area contributed by atoms with Crippen molar-refractivity contribution < 1.29 is 149 Å². The third-order valence-corrected chi connectivity index (χ3v) is 0. The van der Waals surface area contributed by atoms with Gasteiger partial charge in [-0.1, -0.05) is 0 Å². The molecule has 8 nitrogen and oxygen atoms in total. The fourth-order valence-electron chi connectivity index (χ4n) is 0. The summed E-state index contributed by atoms with van der Waals surface area (Å²) in [6.45, 7) is 0. The Labute approximate surface area is 147 Å². The van der Waals surface area contributed by atoms with E-state index >= 15 is 0 Å². The fourth-order valence-corrected chi connectivity index (χ4v) is 0. The molecule has 0 unspecified atom stereocenters. The van der Waals surface area contributed by atoms with Gasteiger partial charge >= 0.3 is 127 Å². The van der Waals surface area contributed by atoms with Gasteiger partial charge in [-0.15, -0.1) is 0 Å². The monoisotopic (exact) mass is 500 g/mol. The van der Waals surface area contributed by atoms with Crippen LogP contribution in [0.2, 0.25) is 0 Å². The van der Waals surface area contributed by atoms with Gasteiger partial charge in [0, 0.05) is 0 Å². The predicted molar refractivity (Wildman–Crippen MR) is 4.12 cm³/mol. The van der Waals surface area contributed by atoms with E-state index in [1.54, 1.807) is 0 Å². The van der Waals surface area contributed by atoms with Crippen LogP contribution >= 0.6 is 0 Å². The van der Waals surface area contributed by atoms with E-state index in [2.05, 4.69) is 0 Å². The molecule has 0 heterocycles. The van der Waals surface area contributed by atoms with E-state index in [1.807, 2.05) is 0 Å². The van der Waals surface area contributed by atoms with Crippen molar-refractivity contribution in [2.75, 3.05) is 0 Å². The molecule has 0 atom stereocenters. The fraction of sp³-hybridized carbons (Fsp3) is 0. The van der Waals surface area contributed by atoms with Crippen molar-refractivity contribution in [1.29, 1.82) is 0 Å². The summed E-state index contributed by atoms with van der Waals surface area (Å²) >= 11 is -5.75. The first-order chi connectivity index (χ1) is 2.00. The summed E-state index contributed by atoms with van der Waals surface area (Å²) in [7, 11) is 0. The van der Waals surface area contributed by atoms with Crippen LogP contribution in [0.3, 0.4) is 0 Å². The van der Waals surface area contributed by atoms with Gasteiger partial charge in [0.1, 0.15) is 0 Å². The van der Waals surface area contributed by atoms with Gasteiger partial charge in [-0.05, 0) is 0 Å². The Morgan fingerprint density at radius 2 is 0.571 bits per heavy atom. The molecule has 0 aromatic heterocycles. The molecular weight excluding hydrogens is 507 g/mol. The topological polar surface area (TPSA) is 194 Å². The molecule has 0 aromatic carbocycles. The van der Waals surface area contributed by atoms with E-state index in [9.17, 15) is 0 Å². The normalized spacial score (nSPS) is 4.14. The van der Waals surface area contributed by atoms with E-state index in [4.69, 9.17) is 15.9 Å². The number of hydrogen-bond donors (Lipinski definition) is 0. The largest absolute Gasteiger partial charge is 2.00 e. The van der Waals surface area contributed by atoms with E-state index in [0.29, 0.717) is 0 Å². The summed E-state index contributed by atoms with van der Waals surface area (Å²) in [6, 6.07) is 0. The van der Waals surface area contributed by atoms with Crippen LogP contribution in [0.4, 0.5) is 0 Å². The first-order valence-electron chi connectivity index (χ1n) is 0.667. The molecule has 0 saturated carbocycles. The summed E-state index contributed by atoms with van der Waals surface area (Å²) in [4.78, 5) is 0. The predicted octanol–water partition coefficient (Wildman–Crippen LogP) is -3.11. The summed E-state index contributed by atoms with van der Waals surface area (Å²) in [6.07, 6.45) is 0. The molecule has 0 rings (SSSR count). The van der Waals surface area contributed by atoms with Crippen molar-refractivity contribution >= 4 is 0 Å². The second kappa shape index (κ2) is 44.4. The third-order valence-electron chi connectivity index (χ3n) is 0. The van der Waals surface area contributed by atoms with Crippen LogP contribution in [-0.4, -0.2) is 0 Å². The van der Waals surface area contributed by atoms with Crippen LogP contribution in [0.25, 0.3) is 0 Å². The van der Waals surface area contributed by atoms with Crippen LogP contribution in [-0.2, 0) is 141 Å². The molecule has 0 amide bonds. The zero-order valence-electron chi connectivity index (χ0n) is 7.21. The molecule has 64 valence electrons. The van der Waals surface area contributed by atoms with Crippen LogP contribution < -0.4 is 8.32 Å². The SMILES string of the molecule is [O-2].[O-2].[O-2].[O-2].[O]=[Cr](=[O])([O-])[O-].[Zn+2].[Zn+2].[Zn+2].[Zn+2].[Zn+2]. The molecule has 0 bridgehead atoms. The van der Waals surface area contributed by atoms with Gasteiger partial charge in [0.25, 0.3) is 0 Å². The summed E-state index contributed by atoms with van der Waals surface area (Å²) in [5.74, 6) is 0. The standard InChI is InChI=1S/Cr.8O.5Zn/q;;;4*-2;2*-1;5*+2. The Balaban J connectivity index is -0.00000000222. The second-order valence-electron chi connectivity index (χ2n) is 0.408. The maximum Gasteiger partial charge on any atom is 2.00 e. The van der Waals surface area contributed by atoms with Crippen molar-refractivity contribution in [3.8, 4) is 0 Å². The quantitative estimate of drug-likeness (QED) is 0.314. The minimum absolute atomic E-state index is 0. The third kappa shape index (κ3) is 325. The molecule has 0 N–H and O–H groups in total. The molecular formula is CrO8Zn5. The Kier molecular flexibility index (Phi) is 282. The smallest absolute Gasteiger partial charge is 2.00 e. The minimum Gasteiger partial charge on any atom is 2.00 e. The number of hydrogen-bond acceptors (Lipinski definition) is 4. The minimum atomic E-state index is -5.75. The Morgan fingerprint density at radius 3 is 0.571 bits per heavy atom. The molecule has 14 heteroatoms. The van der Waals surface area contributed by atoms with Gasteiger partial charge in [-0.2, -0.15) is 0 Å². The van der Waals surface area contributed by atoms with Crippen LogP contribution in [0.1, 0.15) is 0 Å². The molecule has 14 heavy (non-hydrogen) atoms. The van der Waals surface area contributed by atoms with Gasteiger partial charge < -0.3 is 21.9 Å². The van der Waals surface area contributed by atoms with Gasteiger partial charge in [0.2, 0.25) is 0 Å². The first kappa shape index (κ1) is 88.7. The van der Waals surface area contributed by atoms with Crippen molar-refractivity contribution in [2.45, 2.75) is 0 Å². The van der Waals surface area contributed by atoms with Crippen LogP contribution in [0.5, 0.6) is 0 Å². The Bertz CT molecular complexity index is 101. The average Bonchev–Trinajstić information content (AvgIpc) is 0.722. The average molecular weight is 507 g/mol. The zero-order valence-corrected chi connectivity index (χ0v) is 23.3. The van der Waals surface area contributed by atoms with Gasteiger partial charge in [0.05, 0.1) is 0 Å². The molecule has 0 fully saturated rings. The second-order valence-corrected chi connectivity index (χ2v) is 1.68. The molecule has 0 aromatic rings. The summed E-state index contributed by atoms with van der Waals surface area (Å²) in [5.41, 5.74) is 0. The van der Waals surface area contributed by atoms with E-state index < -0.39 is 13.6 Å². The zero-order chi connectivity index (χ0) is 4.50. The Hall–Kier alpha value is 3.01. The van der Waals surface area contributed by atoms with Crippen LogP contribution in [0.15, 0.2) is 0 Å². The summed E-state index contributed by atoms with van der Waals surface area (Å²) in [5, 5.41) is 0. The van der Waals surface area contributed by atoms with Crippen molar-refractivity contribution in [3.05, 3.63) is 0 Å². The van der Waals surface area contributed by atoms with Crippen LogP contribution in [0, 0.1) is 0 Å². The maximum absolute atomic E-state index is 8.59. The molecule has 0 aliphatic carbocycles. The maximum atomic E-state index is 8.59. The Morgan fingerprint density at radius 1 is 0.571 bits per heavy atom. The molecule has 0 aliphatic heterocycles. The summed E-state index contributed by atoms with van der Waals surface area (Å²) < 4.78 is 34.4. The molecule has 0 spiro atoms. The first-order valence-corrected chi connectivity index (χ1v) is 2.75. The van der Waals surface area contributed by atoms with E-state index in [0.717, 1.165) is 0 Å². The van der Waals surface area contributed by atoms with Crippen molar-refractivity contribution in [3.63, 3.8) is 0 Å². The molecule has 0 radical (unpaired) electrons.